The van der Waals surface area contributed by atoms with Gasteiger partial charge in [-0.15, -0.1) is 0 Å². The average molecular weight is 219 g/mol. The van der Waals surface area contributed by atoms with E-state index in [4.69, 9.17) is 5.73 Å². The molecule has 0 radical (unpaired) electrons. The number of nitrogen functional groups attached to an aromatic ring is 1. The lowest BCUT2D eigenvalue weighted by Gasteiger charge is -2.05. The molecule has 3 heteroatoms. The molecule has 0 saturated heterocycles. The number of hydrogen-bond donors (Lipinski definition) is 1. The SMILES string of the molecule is Cc1ccc(-c2cc(F)cc(F)c2)cc1N. The summed E-state index contributed by atoms with van der Waals surface area (Å²) in [5.41, 5.74) is 8.50. The van der Waals surface area contributed by atoms with Crippen LogP contribution in [0.3, 0.4) is 0 Å². The van der Waals surface area contributed by atoms with Gasteiger partial charge in [0.2, 0.25) is 0 Å². The Hall–Kier alpha value is -1.90. The van der Waals surface area contributed by atoms with Gasteiger partial charge in [-0.2, -0.15) is 0 Å². The molecule has 0 aromatic heterocycles. The molecule has 0 atom stereocenters. The quantitative estimate of drug-likeness (QED) is 0.729. The Morgan fingerprint density at radius 3 is 2.06 bits per heavy atom. The minimum atomic E-state index is -0.589. The van der Waals surface area contributed by atoms with Crippen molar-refractivity contribution >= 4 is 5.69 Å². The molecule has 0 aliphatic heterocycles. The van der Waals surface area contributed by atoms with E-state index in [-0.39, 0.29) is 0 Å². The van der Waals surface area contributed by atoms with E-state index in [0.29, 0.717) is 16.8 Å². The summed E-state index contributed by atoms with van der Waals surface area (Å²) in [5.74, 6) is -1.18. The van der Waals surface area contributed by atoms with Crippen LogP contribution in [0.15, 0.2) is 36.4 Å². The van der Waals surface area contributed by atoms with Gasteiger partial charge in [0, 0.05) is 11.8 Å². The molecule has 0 aliphatic carbocycles. The highest BCUT2D eigenvalue weighted by Crippen LogP contribution is 2.25. The van der Waals surface area contributed by atoms with E-state index in [9.17, 15) is 8.78 Å². The summed E-state index contributed by atoms with van der Waals surface area (Å²) >= 11 is 0. The highest BCUT2D eigenvalue weighted by Gasteiger charge is 2.04. The molecule has 16 heavy (non-hydrogen) atoms. The minimum Gasteiger partial charge on any atom is -0.398 e. The van der Waals surface area contributed by atoms with E-state index in [1.807, 2.05) is 13.0 Å². The monoisotopic (exact) mass is 219 g/mol. The van der Waals surface area contributed by atoms with Gasteiger partial charge < -0.3 is 5.73 Å². The molecule has 0 heterocycles. The predicted octanol–water partition coefficient (Wildman–Crippen LogP) is 3.52. The molecule has 0 saturated carbocycles. The summed E-state index contributed by atoms with van der Waals surface area (Å²) < 4.78 is 26.0. The van der Waals surface area contributed by atoms with Crippen LogP contribution < -0.4 is 5.73 Å². The van der Waals surface area contributed by atoms with Crippen LogP contribution in [-0.2, 0) is 0 Å². The average Bonchev–Trinajstić information content (AvgIpc) is 2.20. The zero-order valence-electron chi connectivity index (χ0n) is 8.80. The van der Waals surface area contributed by atoms with E-state index >= 15 is 0 Å². The standard InChI is InChI=1S/C13H11F2N/c1-8-2-3-9(6-13(8)16)10-4-11(14)7-12(15)5-10/h2-7H,16H2,1H3. The third-order valence-electron chi connectivity index (χ3n) is 2.48. The van der Waals surface area contributed by atoms with Crippen molar-refractivity contribution in [2.24, 2.45) is 0 Å². The van der Waals surface area contributed by atoms with Gasteiger partial charge >= 0.3 is 0 Å². The summed E-state index contributed by atoms with van der Waals surface area (Å²) in [7, 11) is 0. The molecule has 0 fully saturated rings. The van der Waals surface area contributed by atoms with Crippen LogP contribution in [0.4, 0.5) is 14.5 Å². The molecule has 0 unspecified atom stereocenters. The van der Waals surface area contributed by atoms with Crippen molar-refractivity contribution in [3.63, 3.8) is 0 Å². The first-order chi connectivity index (χ1) is 7.56. The van der Waals surface area contributed by atoms with Crippen molar-refractivity contribution in [1.29, 1.82) is 0 Å². The molecule has 0 bridgehead atoms. The summed E-state index contributed by atoms with van der Waals surface area (Å²) in [6, 6.07) is 8.75. The van der Waals surface area contributed by atoms with Crippen LogP contribution in [0.5, 0.6) is 0 Å². The molecule has 2 rings (SSSR count). The van der Waals surface area contributed by atoms with Crippen LogP contribution >= 0.6 is 0 Å². The number of anilines is 1. The number of nitrogens with two attached hydrogens (primary N) is 1. The summed E-state index contributed by atoms with van der Waals surface area (Å²) in [4.78, 5) is 0. The van der Waals surface area contributed by atoms with Gasteiger partial charge in [-0.3, -0.25) is 0 Å². The number of rotatable bonds is 1. The van der Waals surface area contributed by atoms with Gasteiger partial charge in [0.25, 0.3) is 0 Å². The highest BCUT2D eigenvalue weighted by molar-refractivity contribution is 5.68. The van der Waals surface area contributed by atoms with E-state index in [2.05, 4.69) is 0 Å². The molecule has 0 aliphatic rings. The second-order valence-electron chi connectivity index (χ2n) is 3.73. The molecule has 0 spiro atoms. The van der Waals surface area contributed by atoms with E-state index in [1.165, 1.54) is 12.1 Å². The zero-order chi connectivity index (χ0) is 11.7. The van der Waals surface area contributed by atoms with E-state index in [1.54, 1.807) is 12.1 Å². The lowest BCUT2D eigenvalue weighted by atomic mass is 10.0. The Labute approximate surface area is 92.5 Å². The highest BCUT2D eigenvalue weighted by atomic mass is 19.1. The van der Waals surface area contributed by atoms with Crippen LogP contribution in [0.25, 0.3) is 11.1 Å². The molecule has 2 aromatic carbocycles. The fourth-order valence-electron chi connectivity index (χ4n) is 1.54. The van der Waals surface area contributed by atoms with Crippen molar-refractivity contribution < 1.29 is 8.78 Å². The van der Waals surface area contributed by atoms with Gasteiger partial charge in [0.1, 0.15) is 11.6 Å². The third-order valence-corrected chi connectivity index (χ3v) is 2.48. The second-order valence-corrected chi connectivity index (χ2v) is 3.73. The van der Waals surface area contributed by atoms with Crippen LogP contribution in [0.1, 0.15) is 5.56 Å². The Morgan fingerprint density at radius 1 is 0.875 bits per heavy atom. The number of aryl methyl sites for hydroxylation is 1. The van der Waals surface area contributed by atoms with Gasteiger partial charge in [-0.1, -0.05) is 12.1 Å². The fraction of sp³-hybridized carbons (Fsp3) is 0.0769. The van der Waals surface area contributed by atoms with Crippen molar-refractivity contribution in [2.75, 3.05) is 5.73 Å². The van der Waals surface area contributed by atoms with Crippen LogP contribution in [0.2, 0.25) is 0 Å². The van der Waals surface area contributed by atoms with Gasteiger partial charge in [-0.05, 0) is 41.8 Å². The Bertz CT molecular complexity index is 515. The smallest absolute Gasteiger partial charge is 0.126 e. The third kappa shape index (κ3) is 2.03. The Morgan fingerprint density at radius 2 is 1.50 bits per heavy atom. The van der Waals surface area contributed by atoms with Crippen molar-refractivity contribution in [2.45, 2.75) is 6.92 Å². The lowest BCUT2D eigenvalue weighted by Crippen LogP contribution is -1.90. The molecule has 2 N–H and O–H groups in total. The first-order valence-electron chi connectivity index (χ1n) is 4.89. The first kappa shape index (κ1) is 10.6. The van der Waals surface area contributed by atoms with Crippen molar-refractivity contribution in [3.05, 3.63) is 53.6 Å². The molecule has 82 valence electrons. The van der Waals surface area contributed by atoms with E-state index < -0.39 is 11.6 Å². The van der Waals surface area contributed by atoms with Crippen molar-refractivity contribution in [1.82, 2.24) is 0 Å². The van der Waals surface area contributed by atoms with Crippen molar-refractivity contribution in [3.8, 4) is 11.1 Å². The molecule has 0 amide bonds. The van der Waals surface area contributed by atoms with Gasteiger partial charge in [-0.25, -0.2) is 8.78 Å². The fourth-order valence-corrected chi connectivity index (χ4v) is 1.54. The minimum absolute atomic E-state index is 0.490. The Balaban J connectivity index is 2.54. The zero-order valence-corrected chi connectivity index (χ0v) is 8.80. The molecular weight excluding hydrogens is 208 g/mol. The van der Waals surface area contributed by atoms with E-state index in [0.717, 1.165) is 11.6 Å². The number of hydrogen-bond acceptors (Lipinski definition) is 1. The molecule has 2 aromatic rings. The largest absolute Gasteiger partial charge is 0.398 e. The van der Waals surface area contributed by atoms with Crippen LogP contribution in [0, 0.1) is 18.6 Å². The summed E-state index contributed by atoms with van der Waals surface area (Å²) in [6.07, 6.45) is 0. The first-order valence-corrected chi connectivity index (χ1v) is 4.89. The van der Waals surface area contributed by atoms with Gasteiger partial charge in [0.05, 0.1) is 0 Å². The van der Waals surface area contributed by atoms with Gasteiger partial charge in [0.15, 0.2) is 0 Å². The maximum Gasteiger partial charge on any atom is 0.126 e. The maximum absolute atomic E-state index is 13.0. The predicted molar refractivity (Wildman–Crippen MR) is 60.9 cm³/mol. The summed E-state index contributed by atoms with van der Waals surface area (Å²) in [5, 5.41) is 0. The number of halogens is 2. The number of benzene rings is 2. The lowest BCUT2D eigenvalue weighted by molar-refractivity contribution is 0.584. The molecular formula is C13H11F2N. The topological polar surface area (TPSA) is 26.0 Å². The normalized spacial score (nSPS) is 10.4. The second kappa shape index (κ2) is 3.93. The summed E-state index contributed by atoms with van der Waals surface area (Å²) in [6.45, 7) is 1.88. The maximum atomic E-state index is 13.0. The Kier molecular flexibility index (Phi) is 2.60. The molecule has 1 nitrogen and oxygen atoms in total. The van der Waals surface area contributed by atoms with Crippen LogP contribution in [-0.4, -0.2) is 0 Å².